The van der Waals surface area contributed by atoms with Gasteiger partial charge in [0.1, 0.15) is 4.90 Å². The van der Waals surface area contributed by atoms with Crippen molar-refractivity contribution in [2.45, 2.75) is 42.6 Å². The smallest absolute Gasteiger partial charge is 0.244 e. The lowest BCUT2D eigenvalue weighted by atomic mass is 9.78. The summed E-state index contributed by atoms with van der Waals surface area (Å²) in [7, 11) is -3.52. The molecule has 160 valence electrons. The molecule has 9 heteroatoms. The fourth-order valence-corrected chi connectivity index (χ4v) is 6.03. The van der Waals surface area contributed by atoms with E-state index in [0.29, 0.717) is 71.2 Å². The molecule has 0 radical (unpaired) electrons. The quantitative estimate of drug-likeness (QED) is 0.725. The van der Waals surface area contributed by atoms with Gasteiger partial charge in [0.25, 0.3) is 0 Å². The van der Waals surface area contributed by atoms with Crippen LogP contribution in [0.3, 0.4) is 0 Å². The maximum atomic E-state index is 12.8. The first-order valence-electron chi connectivity index (χ1n) is 10.4. The van der Waals surface area contributed by atoms with Gasteiger partial charge >= 0.3 is 0 Å². The van der Waals surface area contributed by atoms with Crippen molar-refractivity contribution in [3.05, 3.63) is 24.5 Å². The minimum Gasteiger partial charge on any atom is -0.378 e. The summed E-state index contributed by atoms with van der Waals surface area (Å²) in [4.78, 5) is 18.7. The van der Waals surface area contributed by atoms with Gasteiger partial charge in [-0.3, -0.25) is 9.78 Å². The predicted octanol–water partition coefficient (Wildman–Crippen LogP) is 1.28. The average Bonchev–Trinajstić information content (AvgIpc) is 2.75. The van der Waals surface area contributed by atoms with Crippen molar-refractivity contribution in [2.24, 2.45) is 5.92 Å². The molecule has 3 aliphatic heterocycles. The maximum absolute atomic E-state index is 12.8. The van der Waals surface area contributed by atoms with Gasteiger partial charge in [0.2, 0.25) is 15.9 Å². The zero-order valence-electron chi connectivity index (χ0n) is 16.7. The minimum atomic E-state index is -3.52. The van der Waals surface area contributed by atoms with Crippen molar-refractivity contribution in [2.75, 3.05) is 46.0 Å². The van der Waals surface area contributed by atoms with Gasteiger partial charge in [-0.2, -0.15) is 4.31 Å². The molecule has 4 heterocycles. The first-order valence-corrected chi connectivity index (χ1v) is 11.8. The van der Waals surface area contributed by atoms with E-state index in [9.17, 15) is 13.2 Å². The van der Waals surface area contributed by atoms with Crippen LogP contribution >= 0.6 is 0 Å². The van der Waals surface area contributed by atoms with Gasteiger partial charge in [-0.15, -0.1) is 0 Å². The van der Waals surface area contributed by atoms with E-state index in [1.54, 1.807) is 18.3 Å². The third-order valence-corrected chi connectivity index (χ3v) is 8.21. The Morgan fingerprint density at radius 3 is 2.62 bits per heavy atom. The maximum Gasteiger partial charge on any atom is 0.244 e. The molecule has 0 saturated carbocycles. The molecule has 0 N–H and O–H groups in total. The van der Waals surface area contributed by atoms with Crippen LogP contribution in [-0.2, 0) is 24.3 Å². The second kappa shape index (κ2) is 8.67. The van der Waals surface area contributed by atoms with Crippen LogP contribution in [0.25, 0.3) is 0 Å². The third kappa shape index (κ3) is 4.63. The SMILES string of the molecule is O=C(CC1CCOC2(CCN(S(=O)(=O)c3cccnc3)CC2)C1)N1CCOCC1. The predicted molar refractivity (Wildman–Crippen MR) is 106 cm³/mol. The number of rotatable bonds is 4. The van der Waals surface area contributed by atoms with Crippen LogP contribution in [-0.4, -0.2) is 80.1 Å². The molecule has 29 heavy (non-hydrogen) atoms. The summed E-state index contributed by atoms with van der Waals surface area (Å²) in [5.74, 6) is 0.493. The topological polar surface area (TPSA) is 89.0 Å². The molecule has 3 fully saturated rings. The van der Waals surface area contributed by atoms with E-state index in [4.69, 9.17) is 9.47 Å². The van der Waals surface area contributed by atoms with E-state index in [1.165, 1.54) is 10.5 Å². The summed E-state index contributed by atoms with van der Waals surface area (Å²) < 4.78 is 38.7. The molecule has 1 unspecified atom stereocenters. The second-order valence-electron chi connectivity index (χ2n) is 8.18. The molecule has 1 amide bonds. The summed E-state index contributed by atoms with van der Waals surface area (Å²) in [6.07, 6.45) is 6.54. The molecule has 0 aromatic carbocycles. The number of pyridine rings is 1. The summed E-state index contributed by atoms with van der Waals surface area (Å²) >= 11 is 0. The number of carbonyl (C=O) groups is 1. The van der Waals surface area contributed by atoms with E-state index in [-0.39, 0.29) is 16.4 Å². The molecule has 8 nitrogen and oxygen atoms in total. The average molecular weight is 424 g/mol. The molecule has 3 aliphatic rings. The number of hydrogen-bond acceptors (Lipinski definition) is 6. The number of nitrogens with zero attached hydrogens (tertiary/aromatic N) is 3. The number of morpholine rings is 1. The van der Waals surface area contributed by atoms with E-state index >= 15 is 0 Å². The summed E-state index contributed by atoms with van der Waals surface area (Å²) in [6.45, 7) is 4.08. The number of aromatic nitrogens is 1. The lowest BCUT2D eigenvalue weighted by Crippen LogP contribution is -2.51. The highest BCUT2D eigenvalue weighted by Gasteiger charge is 2.43. The van der Waals surface area contributed by atoms with Gasteiger partial charge in [-0.25, -0.2) is 8.42 Å². The van der Waals surface area contributed by atoms with Gasteiger partial charge in [-0.1, -0.05) is 0 Å². The van der Waals surface area contributed by atoms with Gasteiger partial charge in [-0.05, 0) is 43.7 Å². The molecule has 3 saturated heterocycles. The van der Waals surface area contributed by atoms with Crippen LogP contribution < -0.4 is 0 Å². The summed E-state index contributed by atoms with van der Waals surface area (Å²) in [6, 6.07) is 3.22. The monoisotopic (exact) mass is 423 g/mol. The number of hydrogen-bond donors (Lipinski definition) is 0. The number of sulfonamides is 1. The fourth-order valence-electron chi connectivity index (χ4n) is 4.62. The highest BCUT2D eigenvalue weighted by atomic mass is 32.2. The molecule has 1 aromatic rings. The summed E-state index contributed by atoms with van der Waals surface area (Å²) in [5, 5.41) is 0. The Bertz CT molecular complexity index is 803. The fraction of sp³-hybridized carbons (Fsp3) is 0.700. The van der Waals surface area contributed by atoms with E-state index in [2.05, 4.69) is 4.98 Å². The molecular weight excluding hydrogens is 394 g/mol. The first kappa shape index (κ1) is 20.7. The molecule has 0 aliphatic carbocycles. The lowest BCUT2D eigenvalue weighted by Gasteiger charge is -2.46. The standard InChI is InChI=1S/C20H29N3O5S/c24-19(22-9-12-27-13-10-22)14-17-3-11-28-20(15-17)4-7-23(8-5-20)29(25,26)18-2-1-6-21-16-18/h1-2,6,16-17H,3-5,7-15H2. The van der Waals surface area contributed by atoms with Gasteiger partial charge in [0.05, 0.1) is 18.8 Å². The Labute approximate surface area is 172 Å². The van der Waals surface area contributed by atoms with Crippen molar-refractivity contribution in [1.82, 2.24) is 14.2 Å². The Morgan fingerprint density at radius 1 is 1.17 bits per heavy atom. The van der Waals surface area contributed by atoms with Crippen LogP contribution in [0, 0.1) is 5.92 Å². The second-order valence-corrected chi connectivity index (χ2v) is 10.1. The highest BCUT2D eigenvalue weighted by Crippen LogP contribution is 2.40. The molecule has 1 aromatic heterocycles. The van der Waals surface area contributed by atoms with Gasteiger partial charge < -0.3 is 14.4 Å². The Hall–Kier alpha value is -1.55. The van der Waals surface area contributed by atoms with Crippen LogP contribution in [0.5, 0.6) is 0 Å². The Morgan fingerprint density at radius 2 is 1.93 bits per heavy atom. The van der Waals surface area contributed by atoms with Crippen LogP contribution in [0.15, 0.2) is 29.4 Å². The molecule has 0 bridgehead atoms. The van der Waals surface area contributed by atoms with E-state index in [0.717, 1.165) is 12.8 Å². The van der Waals surface area contributed by atoms with Crippen molar-refractivity contribution in [3.8, 4) is 0 Å². The zero-order chi connectivity index (χ0) is 20.3. The normalized spacial score (nSPS) is 25.8. The van der Waals surface area contributed by atoms with Crippen molar-refractivity contribution in [3.63, 3.8) is 0 Å². The molecule has 1 spiro atoms. The lowest BCUT2D eigenvalue weighted by molar-refractivity contribution is -0.143. The third-order valence-electron chi connectivity index (χ3n) is 6.33. The minimum absolute atomic E-state index is 0.201. The van der Waals surface area contributed by atoms with Crippen LogP contribution in [0.2, 0.25) is 0 Å². The number of carbonyl (C=O) groups excluding carboxylic acids is 1. The number of amides is 1. The van der Waals surface area contributed by atoms with Crippen LogP contribution in [0.4, 0.5) is 0 Å². The first-order chi connectivity index (χ1) is 14.0. The Kier molecular flexibility index (Phi) is 6.19. The summed E-state index contributed by atoms with van der Waals surface area (Å²) in [5.41, 5.74) is -0.310. The van der Waals surface area contributed by atoms with Gasteiger partial charge in [0.15, 0.2) is 0 Å². The van der Waals surface area contributed by atoms with E-state index in [1.807, 2.05) is 4.90 Å². The Balaban J connectivity index is 1.34. The molecular formula is C20H29N3O5S. The van der Waals surface area contributed by atoms with E-state index < -0.39 is 10.0 Å². The highest BCUT2D eigenvalue weighted by molar-refractivity contribution is 7.89. The van der Waals surface area contributed by atoms with Crippen LogP contribution in [0.1, 0.15) is 32.1 Å². The molecule has 4 rings (SSSR count). The molecule has 1 atom stereocenters. The largest absolute Gasteiger partial charge is 0.378 e. The van der Waals surface area contributed by atoms with Gasteiger partial charge in [0, 0.05) is 51.6 Å². The van der Waals surface area contributed by atoms with Crippen molar-refractivity contribution >= 4 is 15.9 Å². The zero-order valence-corrected chi connectivity index (χ0v) is 17.5. The van der Waals surface area contributed by atoms with Crippen molar-refractivity contribution in [1.29, 1.82) is 0 Å². The number of ether oxygens (including phenoxy) is 2. The number of piperidine rings is 1. The van der Waals surface area contributed by atoms with Crippen molar-refractivity contribution < 1.29 is 22.7 Å².